The molecule has 1 unspecified atom stereocenters. The first-order chi connectivity index (χ1) is 15.5. The molecule has 0 amide bonds. The van der Waals surface area contributed by atoms with Crippen molar-refractivity contribution in [1.82, 2.24) is 0 Å². The molecule has 0 aliphatic rings. The third-order valence-corrected chi connectivity index (χ3v) is 24.3. The molecule has 1 nitrogen and oxygen atoms in total. The van der Waals surface area contributed by atoms with E-state index < -0.39 is 25.6 Å². The van der Waals surface area contributed by atoms with Gasteiger partial charge in [-0.3, -0.25) is 0 Å². The van der Waals surface area contributed by atoms with E-state index in [9.17, 15) is 4.79 Å². The van der Waals surface area contributed by atoms with E-state index in [1.807, 2.05) is 30.3 Å². The number of hydrogen-bond acceptors (Lipinski definition) is 1. The van der Waals surface area contributed by atoms with Gasteiger partial charge in [0.25, 0.3) is 0 Å². The molecule has 1 atom stereocenters. The maximum atomic E-state index is 14.4. The molecule has 0 N–H and O–H groups in total. The van der Waals surface area contributed by atoms with Gasteiger partial charge in [0, 0.05) is 0 Å². The number of Topliss-reactive ketones (excluding diaryl/α,β-unsaturated/α-hetero) is 1. The van der Waals surface area contributed by atoms with Gasteiger partial charge in [-0.05, 0) is 0 Å². The molecular weight excluding hydrogens is 514 g/mol. The van der Waals surface area contributed by atoms with E-state index in [1.54, 1.807) is 0 Å². The summed E-state index contributed by atoms with van der Waals surface area (Å²) in [5.74, 6) is 0.304. The average molecular weight is 544 g/mol. The van der Waals surface area contributed by atoms with Crippen molar-refractivity contribution >= 4 is 47.3 Å². The minimum absolute atomic E-state index is 0.00796. The SMILES string of the molecule is [CH3][Sn]([CH3])([CH3])[CH](C(=O)c1ccccc1)[P+](c1ccccc1)(c1ccccc1)c1ccccc1. The molecule has 0 bridgehead atoms. The van der Waals surface area contributed by atoms with Crippen molar-refractivity contribution in [1.29, 1.82) is 0 Å². The quantitative estimate of drug-likeness (QED) is 0.156. The number of benzene rings is 4. The summed E-state index contributed by atoms with van der Waals surface area (Å²) in [6.07, 6.45) is 0. The second kappa shape index (κ2) is 9.73. The molecule has 0 radical (unpaired) electrons. The number of ketones is 1. The Morgan fingerprint density at radius 3 is 1.19 bits per heavy atom. The molecule has 0 aromatic heterocycles. The van der Waals surface area contributed by atoms with Gasteiger partial charge in [0.15, 0.2) is 0 Å². The second-order valence-electron chi connectivity index (χ2n) is 9.23. The van der Waals surface area contributed by atoms with Crippen LogP contribution in [0.15, 0.2) is 121 Å². The summed E-state index contributed by atoms with van der Waals surface area (Å²) in [4.78, 5) is 21.7. The van der Waals surface area contributed by atoms with Gasteiger partial charge in [0.05, 0.1) is 0 Å². The summed E-state index contributed by atoms with van der Waals surface area (Å²) in [5, 5.41) is 3.87. The molecular formula is C29H30OPSn+. The molecule has 32 heavy (non-hydrogen) atoms. The fourth-order valence-electron chi connectivity index (χ4n) is 4.79. The second-order valence-corrected chi connectivity index (χ2v) is 29.3. The first-order valence-corrected chi connectivity index (χ1v) is 23.2. The molecule has 3 heteroatoms. The third-order valence-electron chi connectivity index (χ3n) is 6.00. The van der Waals surface area contributed by atoms with Crippen LogP contribution in [0.4, 0.5) is 0 Å². The predicted octanol–water partition coefficient (Wildman–Crippen LogP) is 6.11. The molecule has 0 saturated carbocycles. The van der Waals surface area contributed by atoms with Crippen molar-refractivity contribution < 1.29 is 4.79 Å². The van der Waals surface area contributed by atoms with E-state index in [2.05, 4.69) is 106 Å². The Labute approximate surface area is 196 Å². The van der Waals surface area contributed by atoms with Crippen LogP contribution < -0.4 is 15.9 Å². The van der Waals surface area contributed by atoms with Crippen LogP contribution in [0.3, 0.4) is 0 Å². The summed E-state index contributed by atoms with van der Waals surface area (Å²) < 4.78 is -0.00796. The van der Waals surface area contributed by atoms with Crippen LogP contribution in [0.2, 0.25) is 14.8 Å². The number of hydrogen-bond donors (Lipinski definition) is 0. The monoisotopic (exact) mass is 545 g/mol. The van der Waals surface area contributed by atoms with E-state index in [-0.39, 0.29) is 3.67 Å². The first kappa shape index (κ1) is 23.0. The Balaban J connectivity index is 2.13. The van der Waals surface area contributed by atoms with E-state index in [0.29, 0.717) is 5.78 Å². The van der Waals surface area contributed by atoms with E-state index in [0.717, 1.165) is 5.56 Å². The Kier molecular flexibility index (Phi) is 6.98. The Hall–Kier alpha value is -2.22. The van der Waals surface area contributed by atoms with E-state index in [4.69, 9.17) is 0 Å². The molecule has 4 aromatic rings. The zero-order valence-electron chi connectivity index (χ0n) is 19.0. The van der Waals surface area contributed by atoms with Gasteiger partial charge in [0.1, 0.15) is 0 Å². The normalized spacial score (nSPS) is 12.8. The van der Waals surface area contributed by atoms with Crippen molar-refractivity contribution in [3.05, 3.63) is 127 Å². The molecule has 0 spiro atoms. The number of carbonyl (C=O) groups excluding carboxylic acids is 1. The molecule has 0 aliphatic carbocycles. The first-order valence-electron chi connectivity index (χ1n) is 11.1. The van der Waals surface area contributed by atoms with Gasteiger partial charge in [-0.2, -0.15) is 0 Å². The molecule has 0 aliphatic heterocycles. The molecule has 4 aromatic carbocycles. The zero-order chi connectivity index (χ0) is 22.6. The summed E-state index contributed by atoms with van der Waals surface area (Å²) in [7, 11) is -2.26. The maximum absolute atomic E-state index is 14.4. The Bertz CT molecular complexity index is 1060. The predicted molar refractivity (Wildman–Crippen MR) is 143 cm³/mol. The van der Waals surface area contributed by atoms with E-state index in [1.165, 1.54) is 15.9 Å². The Morgan fingerprint density at radius 1 is 0.562 bits per heavy atom. The van der Waals surface area contributed by atoms with Crippen LogP contribution in [-0.4, -0.2) is 27.8 Å². The van der Waals surface area contributed by atoms with Gasteiger partial charge in [-0.25, -0.2) is 0 Å². The summed E-state index contributed by atoms with van der Waals surface area (Å²) >= 11 is -2.91. The summed E-state index contributed by atoms with van der Waals surface area (Å²) in [5.41, 5.74) is 0.830. The minimum atomic E-state index is -2.91. The summed E-state index contributed by atoms with van der Waals surface area (Å²) in [6, 6.07) is 42.4. The molecule has 0 heterocycles. The zero-order valence-corrected chi connectivity index (χ0v) is 22.7. The molecule has 4 rings (SSSR count). The van der Waals surface area contributed by atoms with E-state index >= 15 is 0 Å². The third kappa shape index (κ3) is 4.34. The fourth-order valence-corrected chi connectivity index (χ4v) is 26.7. The van der Waals surface area contributed by atoms with Crippen LogP contribution in [0.5, 0.6) is 0 Å². The number of carbonyl (C=O) groups is 1. The average Bonchev–Trinajstić information content (AvgIpc) is 2.83. The van der Waals surface area contributed by atoms with Crippen molar-refractivity contribution in [2.45, 2.75) is 18.5 Å². The topological polar surface area (TPSA) is 17.1 Å². The Morgan fingerprint density at radius 2 is 0.875 bits per heavy atom. The van der Waals surface area contributed by atoms with Crippen molar-refractivity contribution in [2.24, 2.45) is 0 Å². The van der Waals surface area contributed by atoms with Crippen molar-refractivity contribution in [2.75, 3.05) is 0 Å². The molecule has 0 saturated heterocycles. The van der Waals surface area contributed by atoms with Crippen LogP contribution in [-0.2, 0) is 0 Å². The van der Waals surface area contributed by atoms with Gasteiger partial charge >= 0.3 is 198 Å². The van der Waals surface area contributed by atoms with Crippen LogP contribution in [0.1, 0.15) is 10.4 Å². The van der Waals surface area contributed by atoms with Gasteiger partial charge in [-0.15, -0.1) is 0 Å². The van der Waals surface area contributed by atoms with Gasteiger partial charge < -0.3 is 0 Å². The van der Waals surface area contributed by atoms with Gasteiger partial charge in [0.2, 0.25) is 0 Å². The standard InChI is InChI=1S/C26H21OP.3CH3.Sn/c27-26(22-13-5-1-6-14-22)21-28(23-15-7-2-8-16-23,24-17-9-3-10-18-24)25-19-11-4-12-20-25;;;;/h1-21H;3*1H3;/q+1;;;;. The molecule has 0 fully saturated rings. The fraction of sp³-hybridized carbons (Fsp3) is 0.138. The van der Waals surface area contributed by atoms with Crippen LogP contribution in [0, 0.1) is 0 Å². The van der Waals surface area contributed by atoms with Crippen LogP contribution in [0.25, 0.3) is 0 Å². The summed E-state index contributed by atoms with van der Waals surface area (Å²) in [6.45, 7) is 0. The number of rotatable bonds is 7. The molecule has 160 valence electrons. The van der Waals surface area contributed by atoms with Crippen molar-refractivity contribution in [3.63, 3.8) is 0 Å². The van der Waals surface area contributed by atoms with Gasteiger partial charge in [-0.1, -0.05) is 0 Å². The van der Waals surface area contributed by atoms with Crippen LogP contribution >= 0.6 is 7.26 Å². The van der Waals surface area contributed by atoms with Crippen molar-refractivity contribution in [3.8, 4) is 0 Å².